The van der Waals surface area contributed by atoms with E-state index in [9.17, 15) is 0 Å². The van der Waals surface area contributed by atoms with Crippen LogP contribution >= 0.6 is 15.9 Å². The molecule has 0 aliphatic carbocycles. The van der Waals surface area contributed by atoms with Crippen LogP contribution in [-0.2, 0) is 0 Å². The summed E-state index contributed by atoms with van der Waals surface area (Å²) < 4.78 is 1.16. The first-order valence-electron chi connectivity index (χ1n) is 6.10. The largest absolute Gasteiger partial charge is 0.330 e. The first-order valence-corrected chi connectivity index (χ1v) is 6.89. The minimum atomic E-state index is 0.357. The summed E-state index contributed by atoms with van der Waals surface area (Å²) in [7, 11) is 4.24. The van der Waals surface area contributed by atoms with Crippen molar-refractivity contribution in [3.63, 3.8) is 0 Å². The zero-order chi connectivity index (χ0) is 13.0. The Morgan fingerprint density at radius 3 is 2.24 bits per heavy atom. The minimum absolute atomic E-state index is 0.357. The molecule has 0 radical (unpaired) electrons. The van der Waals surface area contributed by atoms with Gasteiger partial charge in [-0.25, -0.2) is 0 Å². The summed E-state index contributed by atoms with van der Waals surface area (Å²) in [5, 5.41) is 0. The van der Waals surface area contributed by atoms with E-state index in [0.717, 1.165) is 4.47 Å². The van der Waals surface area contributed by atoms with E-state index in [-0.39, 0.29) is 0 Å². The quantitative estimate of drug-likeness (QED) is 0.904. The maximum Gasteiger partial charge on any atom is 0.0395 e. The van der Waals surface area contributed by atoms with Crippen molar-refractivity contribution < 1.29 is 0 Å². The highest BCUT2D eigenvalue weighted by molar-refractivity contribution is 9.10. The predicted molar refractivity (Wildman–Crippen MR) is 78.0 cm³/mol. The molecular formula is C14H23BrN2. The first kappa shape index (κ1) is 14.7. The maximum absolute atomic E-state index is 5.96. The SMILES string of the molecule is CC(C)C(CN)C(c1ccccc1Br)N(C)C. The molecule has 0 aliphatic rings. The van der Waals surface area contributed by atoms with Crippen LogP contribution in [0.4, 0.5) is 0 Å². The van der Waals surface area contributed by atoms with Crippen LogP contribution in [0.3, 0.4) is 0 Å². The van der Waals surface area contributed by atoms with Gasteiger partial charge >= 0.3 is 0 Å². The summed E-state index contributed by atoms with van der Waals surface area (Å²) in [5.41, 5.74) is 7.28. The maximum atomic E-state index is 5.96. The van der Waals surface area contributed by atoms with Gasteiger partial charge in [-0.2, -0.15) is 0 Å². The molecular weight excluding hydrogens is 276 g/mol. The Morgan fingerprint density at radius 1 is 1.24 bits per heavy atom. The van der Waals surface area contributed by atoms with Crippen LogP contribution in [-0.4, -0.2) is 25.5 Å². The number of hydrogen-bond acceptors (Lipinski definition) is 2. The van der Waals surface area contributed by atoms with Gasteiger partial charge in [-0.05, 0) is 44.1 Å². The molecule has 2 N–H and O–H groups in total. The monoisotopic (exact) mass is 298 g/mol. The van der Waals surface area contributed by atoms with E-state index in [0.29, 0.717) is 24.4 Å². The lowest BCUT2D eigenvalue weighted by Crippen LogP contribution is -2.35. The van der Waals surface area contributed by atoms with Gasteiger partial charge in [0.1, 0.15) is 0 Å². The number of benzene rings is 1. The molecule has 0 heterocycles. The summed E-state index contributed by atoms with van der Waals surface area (Å²) in [4.78, 5) is 2.26. The fraction of sp³-hybridized carbons (Fsp3) is 0.571. The average Bonchev–Trinajstić information content (AvgIpc) is 2.26. The molecule has 0 aliphatic heterocycles. The smallest absolute Gasteiger partial charge is 0.0395 e. The van der Waals surface area contributed by atoms with Gasteiger partial charge in [0.2, 0.25) is 0 Å². The Bertz CT molecular complexity index is 350. The molecule has 0 amide bonds. The normalized spacial score (nSPS) is 15.3. The molecule has 0 aromatic heterocycles. The fourth-order valence-electron chi connectivity index (χ4n) is 2.37. The molecule has 96 valence electrons. The van der Waals surface area contributed by atoms with Crippen LogP contribution in [0.2, 0.25) is 0 Å². The molecule has 1 aromatic rings. The van der Waals surface area contributed by atoms with Gasteiger partial charge in [0, 0.05) is 10.5 Å². The summed E-state index contributed by atoms with van der Waals surface area (Å²) >= 11 is 3.64. The molecule has 0 saturated heterocycles. The molecule has 1 rings (SSSR count). The van der Waals surface area contributed by atoms with Crippen LogP contribution in [0.1, 0.15) is 25.5 Å². The van der Waals surface area contributed by atoms with Crippen LogP contribution in [0.25, 0.3) is 0 Å². The molecule has 2 nitrogen and oxygen atoms in total. The summed E-state index contributed by atoms with van der Waals surface area (Å²) in [6.45, 7) is 5.19. The van der Waals surface area contributed by atoms with E-state index in [4.69, 9.17) is 5.73 Å². The Balaban J connectivity index is 3.13. The average molecular weight is 299 g/mol. The number of halogens is 1. The van der Waals surface area contributed by atoms with Crippen LogP contribution in [0.5, 0.6) is 0 Å². The third-order valence-corrected chi connectivity index (χ3v) is 4.04. The van der Waals surface area contributed by atoms with Crippen molar-refractivity contribution >= 4 is 15.9 Å². The molecule has 3 heteroatoms. The second-order valence-electron chi connectivity index (χ2n) is 5.07. The lowest BCUT2D eigenvalue weighted by molar-refractivity contribution is 0.175. The number of nitrogens with two attached hydrogens (primary N) is 1. The molecule has 1 aromatic carbocycles. The van der Waals surface area contributed by atoms with Gasteiger partial charge in [-0.3, -0.25) is 0 Å². The second kappa shape index (κ2) is 6.53. The Hall–Kier alpha value is -0.380. The number of hydrogen-bond donors (Lipinski definition) is 1. The zero-order valence-electron chi connectivity index (χ0n) is 11.2. The molecule has 0 fully saturated rings. The number of rotatable bonds is 5. The van der Waals surface area contributed by atoms with E-state index in [1.54, 1.807) is 0 Å². The van der Waals surface area contributed by atoms with Crippen molar-refractivity contribution in [1.82, 2.24) is 4.90 Å². The fourth-order valence-corrected chi connectivity index (χ4v) is 2.89. The van der Waals surface area contributed by atoms with Crippen LogP contribution < -0.4 is 5.73 Å². The van der Waals surface area contributed by atoms with Crippen molar-refractivity contribution in [2.24, 2.45) is 17.6 Å². The van der Waals surface area contributed by atoms with E-state index >= 15 is 0 Å². The second-order valence-corrected chi connectivity index (χ2v) is 5.93. The van der Waals surface area contributed by atoms with E-state index in [1.165, 1.54) is 5.56 Å². The van der Waals surface area contributed by atoms with Gasteiger partial charge in [0.25, 0.3) is 0 Å². The highest BCUT2D eigenvalue weighted by Gasteiger charge is 2.27. The van der Waals surface area contributed by atoms with Gasteiger partial charge in [0.15, 0.2) is 0 Å². The lowest BCUT2D eigenvalue weighted by atomic mass is 9.84. The third-order valence-electron chi connectivity index (χ3n) is 3.31. The minimum Gasteiger partial charge on any atom is -0.330 e. The molecule has 0 bridgehead atoms. The molecule has 0 spiro atoms. The molecule has 17 heavy (non-hydrogen) atoms. The van der Waals surface area contributed by atoms with Crippen LogP contribution in [0.15, 0.2) is 28.7 Å². The predicted octanol–water partition coefficient (Wildman–Crippen LogP) is 3.28. The summed E-state index contributed by atoms with van der Waals surface area (Å²) in [6, 6.07) is 8.77. The van der Waals surface area contributed by atoms with Crippen LogP contribution in [0, 0.1) is 11.8 Å². The highest BCUT2D eigenvalue weighted by atomic mass is 79.9. The van der Waals surface area contributed by atoms with Crippen molar-refractivity contribution in [1.29, 1.82) is 0 Å². The van der Waals surface area contributed by atoms with E-state index < -0.39 is 0 Å². The summed E-state index contributed by atoms with van der Waals surface area (Å²) in [5.74, 6) is 1.03. The van der Waals surface area contributed by atoms with Gasteiger partial charge in [-0.1, -0.05) is 48.0 Å². The van der Waals surface area contributed by atoms with Crippen molar-refractivity contribution in [2.45, 2.75) is 19.9 Å². The molecule has 2 unspecified atom stereocenters. The first-order chi connectivity index (χ1) is 7.99. The number of nitrogens with zero attached hydrogens (tertiary/aromatic N) is 1. The zero-order valence-corrected chi connectivity index (χ0v) is 12.7. The Kier molecular flexibility index (Phi) is 5.63. The van der Waals surface area contributed by atoms with Gasteiger partial charge in [0.05, 0.1) is 0 Å². The van der Waals surface area contributed by atoms with E-state index in [2.05, 4.69) is 67.0 Å². The molecule has 2 atom stereocenters. The Labute approximate surface area is 113 Å². The third kappa shape index (κ3) is 3.54. The molecule has 0 saturated carbocycles. The van der Waals surface area contributed by atoms with Gasteiger partial charge < -0.3 is 10.6 Å². The Morgan fingerprint density at radius 2 is 1.82 bits per heavy atom. The van der Waals surface area contributed by atoms with Crippen molar-refractivity contribution in [2.75, 3.05) is 20.6 Å². The summed E-state index contributed by atoms with van der Waals surface area (Å²) in [6.07, 6.45) is 0. The van der Waals surface area contributed by atoms with Crippen molar-refractivity contribution in [3.05, 3.63) is 34.3 Å². The van der Waals surface area contributed by atoms with Gasteiger partial charge in [-0.15, -0.1) is 0 Å². The van der Waals surface area contributed by atoms with Crippen molar-refractivity contribution in [3.8, 4) is 0 Å². The lowest BCUT2D eigenvalue weighted by Gasteiger charge is -2.35. The standard InChI is InChI=1S/C14H23BrN2/c1-10(2)12(9-16)14(17(3)4)11-7-5-6-8-13(11)15/h5-8,10,12,14H,9,16H2,1-4H3. The highest BCUT2D eigenvalue weighted by Crippen LogP contribution is 2.35. The topological polar surface area (TPSA) is 29.3 Å². The van der Waals surface area contributed by atoms with E-state index in [1.807, 2.05) is 6.07 Å².